The molecule has 0 radical (unpaired) electrons. The van der Waals surface area contributed by atoms with Crippen LogP contribution in [-0.2, 0) is 0 Å². The van der Waals surface area contributed by atoms with E-state index in [1.165, 1.54) is 12.8 Å². The molecule has 0 amide bonds. The minimum atomic E-state index is -0.595. The van der Waals surface area contributed by atoms with Gasteiger partial charge in [0.2, 0.25) is 0 Å². The molecule has 4 nitrogen and oxygen atoms in total. The van der Waals surface area contributed by atoms with Crippen LogP contribution in [0.4, 0.5) is 5.82 Å². The fourth-order valence-corrected chi connectivity index (χ4v) is 2.96. The lowest BCUT2D eigenvalue weighted by Crippen LogP contribution is -2.36. The summed E-state index contributed by atoms with van der Waals surface area (Å²) in [5.41, 5.74) is 0.334. The maximum absolute atomic E-state index is 10.7. The molecule has 1 saturated carbocycles. The maximum atomic E-state index is 10.7. The van der Waals surface area contributed by atoms with E-state index < -0.39 is 5.60 Å². The third-order valence-corrected chi connectivity index (χ3v) is 4.16. The van der Waals surface area contributed by atoms with Gasteiger partial charge in [-0.1, -0.05) is 37.8 Å². The zero-order valence-electron chi connectivity index (χ0n) is 11.7. The summed E-state index contributed by atoms with van der Waals surface area (Å²) in [6, 6.07) is 7.94. The lowest BCUT2D eigenvalue weighted by atomic mass is 9.94. The monoisotopic (exact) mass is 271 g/mol. The Morgan fingerprint density at radius 1 is 1.05 bits per heavy atom. The highest BCUT2D eigenvalue weighted by Gasteiger charge is 2.27. The van der Waals surface area contributed by atoms with E-state index in [4.69, 9.17) is 0 Å². The van der Waals surface area contributed by atoms with E-state index >= 15 is 0 Å². The topological polar surface area (TPSA) is 58.0 Å². The minimum Gasteiger partial charge on any atom is -0.388 e. The molecule has 20 heavy (non-hydrogen) atoms. The number of fused-ring (bicyclic) bond motifs is 1. The van der Waals surface area contributed by atoms with Gasteiger partial charge >= 0.3 is 0 Å². The molecule has 0 atom stereocenters. The summed E-state index contributed by atoms with van der Waals surface area (Å²) in [4.78, 5) is 8.57. The summed E-state index contributed by atoms with van der Waals surface area (Å²) in [5, 5.41) is 15.0. The van der Waals surface area contributed by atoms with E-state index in [0.717, 1.165) is 42.4 Å². The predicted octanol–water partition coefficient (Wildman–Crippen LogP) is 3.13. The molecular formula is C16H21N3O. The molecule has 0 bridgehead atoms. The fraction of sp³-hybridized carbons (Fsp3) is 0.500. The first-order valence-electron chi connectivity index (χ1n) is 7.43. The minimum absolute atomic E-state index is 0.563. The van der Waals surface area contributed by atoms with Gasteiger partial charge in [0.1, 0.15) is 12.1 Å². The van der Waals surface area contributed by atoms with Gasteiger partial charge in [0, 0.05) is 11.9 Å². The van der Waals surface area contributed by atoms with Gasteiger partial charge in [-0.2, -0.15) is 0 Å². The Morgan fingerprint density at radius 2 is 1.80 bits per heavy atom. The Kier molecular flexibility index (Phi) is 3.83. The van der Waals surface area contributed by atoms with E-state index in [0.29, 0.717) is 6.54 Å². The van der Waals surface area contributed by atoms with Crippen LogP contribution < -0.4 is 5.32 Å². The van der Waals surface area contributed by atoms with E-state index in [-0.39, 0.29) is 0 Å². The summed E-state index contributed by atoms with van der Waals surface area (Å²) in [6.07, 6.45) is 8.02. The highest BCUT2D eigenvalue weighted by Crippen LogP contribution is 2.28. The van der Waals surface area contributed by atoms with Crippen LogP contribution in [-0.4, -0.2) is 27.2 Å². The predicted molar refractivity (Wildman–Crippen MR) is 80.7 cm³/mol. The van der Waals surface area contributed by atoms with Crippen molar-refractivity contribution in [2.75, 3.05) is 11.9 Å². The number of aromatic nitrogens is 2. The molecule has 2 aromatic rings. The van der Waals surface area contributed by atoms with Crippen molar-refractivity contribution in [1.29, 1.82) is 0 Å². The molecule has 1 aromatic heterocycles. The van der Waals surface area contributed by atoms with Crippen molar-refractivity contribution >= 4 is 16.7 Å². The second-order valence-electron chi connectivity index (χ2n) is 5.73. The number of nitrogens with one attached hydrogen (secondary N) is 1. The first kappa shape index (κ1) is 13.3. The first-order chi connectivity index (χ1) is 9.77. The number of rotatable bonds is 3. The van der Waals surface area contributed by atoms with Crippen LogP contribution >= 0.6 is 0 Å². The van der Waals surface area contributed by atoms with Crippen molar-refractivity contribution in [3.05, 3.63) is 30.6 Å². The van der Waals surface area contributed by atoms with Crippen molar-refractivity contribution in [2.24, 2.45) is 0 Å². The molecule has 0 spiro atoms. The highest BCUT2D eigenvalue weighted by atomic mass is 16.3. The van der Waals surface area contributed by atoms with Gasteiger partial charge in [-0.3, -0.25) is 0 Å². The third-order valence-electron chi connectivity index (χ3n) is 4.16. The molecule has 1 aromatic carbocycles. The van der Waals surface area contributed by atoms with Crippen molar-refractivity contribution in [2.45, 2.75) is 44.1 Å². The highest BCUT2D eigenvalue weighted by molar-refractivity contribution is 5.88. The quantitative estimate of drug-likeness (QED) is 0.842. The van der Waals surface area contributed by atoms with E-state index in [9.17, 15) is 5.11 Å². The van der Waals surface area contributed by atoms with Crippen LogP contribution in [0.25, 0.3) is 10.9 Å². The second-order valence-corrected chi connectivity index (χ2v) is 5.73. The summed E-state index contributed by atoms with van der Waals surface area (Å²) in [7, 11) is 0. The number of para-hydroxylation sites is 1. The molecule has 106 valence electrons. The number of nitrogens with zero attached hydrogens (tertiary/aromatic N) is 2. The van der Waals surface area contributed by atoms with Crippen LogP contribution in [0, 0.1) is 0 Å². The summed E-state index contributed by atoms with van der Waals surface area (Å²) in [5.74, 6) is 0.813. The summed E-state index contributed by atoms with van der Waals surface area (Å²) in [6.45, 7) is 0.563. The molecule has 1 aliphatic carbocycles. The van der Waals surface area contributed by atoms with E-state index in [1.807, 2.05) is 24.3 Å². The normalized spacial score (nSPS) is 18.6. The van der Waals surface area contributed by atoms with Crippen molar-refractivity contribution < 1.29 is 5.11 Å². The van der Waals surface area contributed by atoms with Crippen LogP contribution in [0.15, 0.2) is 30.6 Å². The summed E-state index contributed by atoms with van der Waals surface area (Å²) >= 11 is 0. The van der Waals surface area contributed by atoms with Crippen LogP contribution in [0.5, 0.6) is 0 Å². The molecule has 1 fully saturated rings. The van der Waals surface area contributed by atoms with Crippen LogP contribution in [0.2, 0.25) is 0 Å². The average molecular weight is 271 g/mol. The van der Waals surface area contributed by atoms with Gasteiger partial charge < -0.3 is 10.4 Å². The molecular weight excluding hydrogens is 250 g/mol. The number of hydrogen-bond acceptors (Lipinski definition) is 4. The number of anilines is 1. The van der Waals surface area contributed by atoms with E-state index in [1.54, 1.807) is 6.33 Å². The lowest BCUT2D eigenvalue weighted by Gasteiger charge is -2.27. The first-order valence-corrected chi connectivity index (χ1v) is 7.43. The molecule has 0 saturated heterocycles. The zero-order valence-corrected chi connectivity index (χ0v) is 11.7. The van der Waals surface area contributed by atoms with Gasteiger partial charge in [0.05, 0.1) is 11.1 Å². The Bertz CT molecular complexity index is 571. The standard InChI is InChI=1S/C16H21N3O/c20-16(9-5-1-2-6-10-16)11-17-15-13-7-3-4-8-14(13)18-12-19-15/h3-4,7-8,12,20H,1-2,5-6,9-11H2,(H,17,18,19). The molecule has 0 unspecified atom stereocenters. The zero-order chi connectivity index (χ0) is 13.8. The van der Waals surface area contributed by atoms with Gasteiger partial charge in [0.25, 0.3) is 0 Å². The van der Waals surface area contributed by atoms with Gasteiger partial charge in [-0.25, -0.2) is 9.97 Å². The fourth-order valence-electron chi connectivity index (χ4n) is 2.96. The summed E-state index contributed by atoms with van der Waals surface area (Å²) < 4.78 is 0. The molecule has 3 rings (SSSR count). The third kappa shape index (κ3) is 2.90. The molecule has 0 aliphatic heterocycles. The Morgan fingerprint density at radius 3 is 2.60 bits per heavy atom. The molecule has 1 heterocycles. The van der Waals surface area contributed by atoms with Crippen LogP contribution in [0.3, 0.4) is 0 Å². The SMILES string of the molecule is OC1(CNc2ncnc3ccccc23)CCCCCC1. The van der Waals surface area contributed by atoms with Gasteiger partial charge in [-0.15, -0.1) is 0 Å². The number of hydrogen-bond donors (Lipinski definition) is 2. The second kappa shape index (κ2) is 5.75. The van der Waals surface area contributed by atoms with Crippen molar-refractivity contribution in [3.63, 3.8) is 0 Å². The Hall–Kier alpha value is -1.68. The largest absolute Gasteiger partial charge is 0.388 e. The van der Waals surface area contributed by atoms with Gasteiger partial charge in [-0.05, 0) is 25.0 Å². The number of aliphatic hydroxyl groups is 1. The van der Waals surface area contributed by atoms with Gasteiger partial charge in [0.15, 0.2) is 0 Å². The Labute approximate surface area is 119 Å². The average Bonchev–Trinajstić information content (AvgIpc) is 2.70. The Balaban J connectivity index is 1.76. The van der Waals surface area contributed by atoms with Crippen molar-refractivity contribution in [3.8, 4) is 0 Å². The molecule has 1 aliphatic rings. The molecule has 2 N–H and O–H groups in total. The van der Waals surface area contributed by atoms with Crippen LogP contribution in [0.1, 0.15) is 38.5 Å². The van der Waals surface area contributed by atoms with E-state index in [2.05, 4.69) is 15.3 Å². The molecule has 4 heteroatoms. The maximum Gasteiger partial charge on any atom is 0.137 e. The lowest BCUT2D eigenvalue weighted by molar-refractivity contribution is 0.0381. The number of benzene rings is 1. The smallest absolute Gasteiger partial charge is 0.137 e. The van der Waals surface area contributed by atoms with Crippen molar-refractivity contribution in [1.82, 2.24) is 9.97 Å².